The number of furan rings is 1. The van der Waals surface area contributed by atoms with E-state index in [2.05, 4.69) is 0 Å². The standard InChI is InChI=1S/C11H6FNO/c12-10-4-3-8(2-1-6-13)9-5-7-14-11(9)10/h1-5,7H/b2-1+. The summed E-state index contributed by atoms with van der Waals surface area (Å²) in [6.45, 7) is 0. The Labute approximate surface area is 79.9 Å². The van der Waals surface area contributed by atoms with Crippen molar-refractivity contribution in [2.24, 2.45) is 0 Å². The second-order valence-electron chi connectivity index (χ2n) is 2.76. The van der Waals surface area contributed by atoms with E-state index >= 15 is 0 Å². The van der Waals surface area contributed by atoms with Crippen LogP contribution in [0, 0.1) is 17.1 Å². The first-order valence-corrected chi connectivity index (χ1v) is 4.05. The summed E-state index contributed by atoms with van der Waals surface area (Å²) < 4.78 is 18.1. The summed E-state index contributed by atoms with van der Waals surface area (Å²) in [5.74, 6) is -0.390. The van der Waals surface area contributed by atoms with E-state index in [1.54, 1.807) is 18.2 Å². The van der Waals surface area contributed by atoms with Crippen LogP contribution in [0.2, 0.25) is 0 Å². The lowest BCUT2D eigenvalue weighted by Gasteiger charge is -1.95. The van der Waals surface area contributed by atoms with Gasteiger partial charge in [-0.2, -0.15) is 5.26 Å². The number of nitrogens with zero attached hydrogens (tertiary/aromatic N) is 1. The molecule has 0 aliphatic heterocycles. The lowest BCUT2D eigenvalue weighted by molar-refractivity contribution is 0.560. The molecule has 2 nitrogen and oxygen atoms in total. The van der Waals surface area contributed by atoms with Crippen molar-refractivity contribution in [3.63, 3.8) is 0 Å². The van der Waals surface area contributed by atoms with Gasteiger partial charge >= 0.3 is 0 Å². The van der Waals surface area contributed by atoms with Gasteiger partial charge in [-0.15, -0.1) is 0 Å². The van der Waals surface area contributed by atoms with Crippen molar-refractivity contribution in [1.82, 2.24) is 0 Å². The van der Waals surface area contributed by atoms with Gasteiger partial charge in [-0.3, -0.25) is 0 Å². The molecule has 2 aromatic rings. The summed E-state index contributed by atoms with van der Waals surface area (Å²) >= 11 is 0. The number of fused-ring (bicyclic) bond motifs is 1. The number of halogens is 1. The van der Waals surface area contributed by atoms with Crippen molar-refractivity contribution in [2.45, 2.75) is 0 Å². The van der Waals surface area contributed by atoms with Crippen LogP contribution < -0.4 is 0 Å². The average Bonchev–Trinajstić information content (AvgIpc) is 2.66. The lowest BCUT2D eigenvalue weighted by Crippen LogP contribution is -1.78. The molecule has 0 saturated heterocycles. The van der Waals surface area contributed by atoms with Crippen LogP contribution in [0.1, 0.15) is 5.56 Å². The first-order chi connectivity index (χ1) is 6.83. The van der Waals surface area contributed by atoms with E-state index < -0.39 is 0 Å². The highest BCUT2D eigenvalue weighted by atomic mass is 19.1. The SMILES string of the molecule is N#C/C=C/c1ccc(F)c2occc12. The van der Waals surface area contributed by atoms with Crippen molar-refractivity contribution in [1.29, 1.82) is 5.26 Å². The summed E-state index contributed by atoms with van der Waals surface area (Å²) in [6.07, 6.45) is 4.40. The highest BCUT2D eigenvalue weighted by Crippen LogP contribution is 2.23. The van der Waals surface area contributed by atoms with Crippen molar-refractivity contribution in [3.8, 4) is 6.07 Å². The molecule has 1 aromatic heterocycles. The molecule has 0 aliphatic rings. The third-order valence-corrected chi connectivity index (χ3v) is 1.94. The molecule has 0 saturated carbocycles. The first-order valence-electron chi connectivity index (χ1n) is 4.05. The van der Waals surface area contributed by atoms with Crippen LogP contribution in [-0.4, -0.2) is 0 Å². The largest absolute Gasteiger partial charge is 0.461 e. The summed E-state index contributed by atoms with van der Waals surface area (Å²) in [4.78, 5) is 0. The Bertz CT molecular complexity index is 534. The van der Waals surface area contributed by atoms with Crippen molar-refractivity contribution >= 4 is 17.0 Å². The molecule has 0 radical (unpaired) electrons. The molecule has 0 amide bonds. The van der Waals surface area contributed by atoms with Gasteiger partial charge in [0, 0.05) is 11.5 Å². The Morgan fingerprint density at radius 1 is 1.36 bits per heavy atom. The maximum Gasteiger partial charge on any atom is 0.170 e. The van der Waals surface area contributed by atoms with E-state index in [1.807, 2.05) is 6.07 Å². The van der Waals surface area contributed by atoms with Crippen LogP contribution in [0.3, 0.4) is 0 Å². The maximum absolute atomic E-state index is 13.1. The Morgan fingerprint density at radius 3 is 3.00 bits per heavy atom. The molecule has 1 heterocycles. The monoisotopic (exact) mass is 187 g/mol. The van der Waals surface area contributed by atoms with Gasteiger partial charge in [-0.05, 0) is 23.8 Å². The van der Waals surface area contributed by atoms with Gasteiger partial charge in [0.25, 0.3) is 0 Å². The molecule has 14 heavy (non-hydrogen) atoms. The van der Waals surface area contributed by atoms with Crippen molar-refractivity contribution in [2.75, 3.05) is 0 Å². The number of hydrogen-bond acceptors (Lipinski definition) is 2. The molecule has 0 spiro atoms. The van der Waals surface area contributed by atoms with Crippen LogP contribution in [0.4, 0.5) is 4.39 Å². The van der Waals surface area contributed by atoms with Crippen molar-refractivity contribution < 1.29 is 8.81 Å². The van der Waals surface area contributed by atoms with Gasteiger partial charge in [0.1, 0.15) is 0 Å². The zero-order valence-corrected chi connectivity index (χ0v) is 7.20. The van der Waals surface area contributed by atoms with Crippen LogP contribution >= 0.6 is 0 Å². The van der Waals surface area contributed by atoms with E-state index in [9.17, 15) is 4.39 Å². The van der Waals surface area contributed by atoms with Crippen LogP contribution in [-0.2, 0) is 0 Å². The maximum atomic E-state index is 13.1. The first kappa shape index (κ1) is 8.52. The van der Waals surface area contributed by atoms with Gasteiger partial charge in [0.15, 0.2) is 11.4 Å². The molecule has 0 unspecified atom stereocenters. The Hall–Kier alpha value is -2.08. The van der Waals surface area contributed by atoms with E-state index in [-0.39, 0.29) is 11.4 Å². The summed E-state index contributed by atoms with van der Waals surface area (Å²) in [5.41, 5.74) is 1.00. The molecule has 1 aromatic carbocycles. The zero-order chi connectivity index (χ0) is 9.97. The van der Waals surface area contributed by atoms with Gasteiger partial charge in [0.2, 0.25) is 0 Å². The fourth-order valence-electron chi connectivity index (χ4n) is 1.32. The molecule has 3 heteroatoms. The van der Waals surface area contributed by atoms with Crippen LogP contribution in [0.15, 0.2) is 35.0 Å². The van der Waals surface area contributed by atoms with Gasteiger partial charge in [-0.25, -0.2) is 4.39 Å². The average molecular weight is 187 g/mol. The quantitative estimate of drug-likeness (QED) is 0.643. The Kier molecular flexibility index (Phi) is 2.04. The minimum atomic E-state index is -0.390. The summed E-state index contributed by atoms with van der Waals surface area (Å²) in [5, 5.41) is 9.05. The van der Waals surface area contributed by atoms with Gasteiger partial charge in [0.05, 0.1) is 12.3 Å². The topological polar surface area (TPSA) is 36.9 Å². The van der Waals surface area contributed by atoms with Crippen LogP contribution in [0.25, 0.3) is 17.0 Å². The molecular weight excluding hydrogens is 181 g/mol. The molecule has 0 atom stereocenters. The highest BCUT2D eigenvalue weighted by molar-refractivity contribution is 5.87. The van der Waals surface area contributed by atoms with Crippen LogP contribution in [0.5, 0.6) is 0 Å². The van der Waals surface area contributed by atoms with E-state index in [0.29, 0.717) is 5.39 Å². The third kappa shape index (κ3) is 1.27. The Morgan fingerprint density at radius 2 is 2.21 bits per heavy atom. The number of benzene rings is 1. The predicted molar refractivity (Wildman–Crippen MR) is 50.8 cm³/mol. The number of rotatable bonds is 1. The molecular formula is C11H6FNO. The third-order valence-electron chi connectivity index (χ3n) is 1.94. The van der Waals surface area contributed by atoms with E-state index in [1.165, 1.54) is 18.4 Å². The molecule has 0 fully saturated rings. The van der Waals surface area contributed by atoms with Gasteiger partial charge in [-0.1, -0.05) is 6.07 Å². The highest BCUT2D eigenvalue weighted by Gasteiger charge is 2.06. The molecule has 0 N–H and O–H groups in total. The molecule has 0 bridgehead atoms. The fraction of sp³-hybridized carbons (Fsp3) is 0. The minimum Gasteiger partial charge on any atom is -0.461 e. The normalized spacial score (nSPS) is 10.9. The van der Waals surface area contributed by atoms with Crippen molar-refractivity contribution in [3.05, 3.63) is 41.9 Å². The summed E-state index contributed by atoms with van der Waals surface area (Å²) in [7, 11) is 0. The second-order valence-corrected chi connectivity index (χ2v) is 2.76. The molecule has 68 valence electrons. The van der Waals surface area contributed by atoms with Gasteiger partial charge < -0.3 is 4.42 Å². The Balaban J connectivity index is 2.68. The number of hydrogen-bond donors (Lipinski definition) is 0. The fourth-order valence-corrected chi connectivity index (χ4v) is 1.32. The minimum absolute atomic E-state index is 0.227. The smallest absolute Gasteiger partial charge is 0.170 e. The van der Waals surface area contributed by atoms with E-state index in [0.717, 1.165) is 5.56 Å². The number of nitriles is 1. The second kappa shape index (κ2) is 3.35. The number of allylic oxidation sites excluding steroid dienone is 1. The lowest BCUT2D eigenvalue weighted by atomic mass is 10.1. The molecule has 0 aliphatic carbocycles. The predicted octanol–water partition coefficient (Wildman–Crippen LogP) is 3.11. The zero-order valence-electron chi connectivity index (χ0n) is 7.20. The summed E-state index contributed by atoms with van der Waals surface area (Å²) in [6, 6.07) is 6.49. The molecule has 2 rings (SSSR count). The van der Waals surface area contributed by atoms with E-state index in [4.69, 9.17) is 9.68 Å².